The molecule has 0 bridgehead atoms. The number of benzene rings is 7. The minimum atomic E-state index is 0.0763. The molecule has 0 N–H and O–H groups in total. The molecule has 0 aliphatic heterocycles. The van der Waals surface area contributed by atoms with Crippen molar-refractivity contribution in [2.24, 2.45) is 0 Å². The van der Waals surface area contributed by atoms with Crippen LogP contribution < -0.4 is 0 Å². The van der Waals surface area contributed by atoms with Crippen molar-refractivity contribution in [3.8, 4) is 0 Å². The van der Waals surface area contributed by atoms with Crippen LogP contribution in [0.3, 0.4) is 0 Å². The highest BCUT2D eigenvalue weighted by Crippen LogP contribution is 2.52. The SMILES string of the molecule is CC(C)(C)c1cc(Cc2ccc3c4c5c6ccccc6n6c7cc(Cc8cc(C(C)(C)C)cc(C(C)(C)C)c8)ccc7c(c7c8ccccc8n(c3c2)c74)c56)cc(C(C)(C)C)c1. The molecule has 0 aliphatic rings. The van der Waals surface area contributed by atoms with Crippen LogP contribution in [0.1, 0.15) is 128 Å². The summed E-state index contributed by atoms with van der Waals surface area (Å²) in [6.45, 7) is 28.0. The Bertz CT molecular complexity index is 3290. The van der Waals surface area contributed by atoms with E-state index >= 15 is 0 Å². The van der Waals surface area contributed by atoms with Crippen LogP contribution >= 0.6 is 0 Å². The van der Waals surface area contributed by atoms with Crippen molar-refractivity contribution in [1.82, 2.24) is 8.80 Å². The second-order valence-corrected chi connectivity index (χ2v) is 22.8. The topological polar surface area (TPSA) is 8.82 Å². The summed E-state index contributed by atoms with van der Waals surface area (Å²) in [5.74, 6) is 0. The van der Waals surface area contributed by atoms with Crippen molar-refractivity contribution in [3.63, 3.8) is 0 Å². The lowest BCUT2D eigenvalue weighted by atomic mass is 9.79. The molecule has 0 saturated heterocycles. The fourth-order valence-electron chi connectivity index (χ4n) is 10.7. The Balaban J connectivity index is 1.17. The maximum Gasteiger partial charge on any atom is 0.0634 e. The maximum atomic E-state index is 2.61. The van der Waals surface area contributed by atoms with Crippen LogP contribution in [0.2, 0.25) is 0 Å². The first kappa shape index (κ1) is 39.0. The van der Waals surface area contributed by atoms with Crippen molar-refractivity contribution < 1.29 is 0 Å². The third-order valence-electron chi connectivity index (χ3n) is 14.1. The largest absolute Gasteiger partial charge is 0.308 e. The zero-order chi connectivity index (χ0) is 43.4. The van der Waals surface area contributed by atoms with E-state index in [9.17, 15) is 0 Å². The highest BCUT2D eigenvalue weighted by atomic mass is 14.9. The summed E-state index contributed by atoms with van der Waals surface area (Å²) < 4.78 is 5.21. The van der Waals surface area contributed by atoms with Crippen LogP contribution in [0.15, 0.2) is 121 Å². The van der Waals surface area contributed by atoms with E-state index in [0.717, 1.165) is 12.8 Å². The Morgan fingerprint density at radius 2 is 0.613 bits per heavy atom. The van der Waals surface area contributed by atoms with E-state index in [2.05, 4.69) is 213 Å². The van der Waals surface area contributed by atoms with Crippen LogP contribution in [-0.2, 0) is 34.5 Å². The normalized spacial score (nSPS) is 13.6. The van der Waals surface area contributed by atoms with Crippen LogP contribution in [-0.4, -0.2) is 8.80 Å². The monoisotopic (exact) mass is 808 g/mol. The van der Waals surface area contributed by atoms with Gasteiger partial charge < -0.3 is 8.80 Å². The van der Waals surface area contributed by atoms with Gasteiger partial charge in [-0.05, 0) is 103 Å². The summed E-state index contributed by atoms with van der Waals surface area (Å²) in [4.78, 5) is 0. The first-order valence-electron chi connectivity index (χ1n) is 22.9. The van der Waals surface area contributed by atoms with Crippen molar-refractivity contribution in [1.29, 1.82) is 0 Å². The summed E-state index contributed by atoms with van der Waals surface area (Å²) in [5, 5.41) is 10.8. The second kappa shape index (κ2) is 12.9. The smallest absolute Gasteiger partial charge is 0.0634 e. The van der Waals surface area contributed by atoms with Crippen molar-refractivity contribution in [3.05, 3.63) is 166 Å². The standard InChI is InChI=1S/C60H60N2/c1-57(2,3)39-27-37(28-40(33-39)58(4,5)6)25-35-21-23-45-49(31-35)61-47-19-15-13-17-43(47)52-54-46-24-22-36(26-38-29-41(59(7,8)9)34-42(30-38)60(10,11)12)32-50(46)62-48-20-16-14-18-44(48)51(56(54)62)53(45)55(52)61/h13-24,27-34H,25-26H2,1-12H3. The van der Waals surface area contributed by atoms with Gasteiger partial charge in [0, 0.05) is 43.1 Å². The van der Waals surface area contributed by atoms with Gasteiger partial charge in [0.05, 0.1) is 33.1 Å². The second-order valence-electron chi connectivity index (χ2n) is 22.8. The number of hydrogen-bond acceptors (Lipinski definition) is 0. The Hall–Kier alpha value is -5.86. The van der Waals surface area contributed by atoms with Gasteiger partial charge in [0.2, 0.25) is 0 Å². The van der Waals surface area contributed by atoms with E-state index in [1.165, 1.54) is 121 Å². The van der Waals surface area contributed by atoms with E-state index in [1.54, 1.807) is 0 Å². The molecular weight excluding hydrogens is 749 g/mol. The van der Waals surface area contributed by atoms with E-state index in [4.69, 9.17) is 0 Å². The lowest BCUT2D eigenvalue weighted by Crippen LogP contribution is -2.17. The molecule has 62 heavy (non-hydrogen) atoms. The molecule has 0 aliphatic carbocycles. The number of para-hydroxylation sites is 2. The molecule has 0 atom stereocenters. The molecule has 2 heteroatoms. The number of aromatic nitrogens is 2. The molecule has 0 fully saturated rings. The minimum Gasteiger partial charge on any atom is -0.308 e. The predicted molar refractivity (Wildman–Crippen MR) is 269 cm³/mol. The van der Waals surface area contributed by atoms with Crippen LogP contribution in [0, 0.1) is 0 Å². The summed E-state index contributed by atoms with van der Waals surface area (Å²) in [6, 6.07) is 47.6. The third kappa shape index (κ3) is 5.82. The van der Waals surface area contributed by atoms with Gasteiger partial charge >= 0.3 is 0 Å². The molecule has 7 aromatic carbocycles. The van der Waals surface area contributed by atoms with Crippen LogP contribution in [0.25, 0.3) is 76.2 Å². The van der Waals surface area contributed by atoms with Gasteiger partial charge in [-0.2, -0.15) is 0 Å². The molecule has 4 aromatic heterocycles. The van der Waals surface area contributed by atoms with E-state index in [0.29, 0.717) is 0 Å². The van der Waals surface area contributed by atoms with Crippen molar-refractivity contribution in [2.75, 3.05) is 0 Å². The van der Waals surface area contributed by atoms with Gasteiger partial charge in [0.15, 0.2) is 0 Å². The quantitative estimate of drug-likeness (QED) is 0.167. The summed E-state index contributed by atoms with van der Waals surface area (Å²) in [6.07, 6.45) is 1.79. The van der Waals surface area contributed by atoms with Gasteiger partial charge in [-0.1, -0.05) is 180 Å². The molecule has 0 radical (unpaired) electrons. The molecule has 2 nitrogen and oxygen atoms in total. The molecule has 0 saturated carbocycles. The van der Waals surface area contributed by atoms with Gasteiger partial charge in [0.1, 0.15) is 0 Å². The fourth-order valence-corrected chi connectivity index (χ4v) is 10.7. The molecule has 4 heterocycles. The first-order chi connectivity index (χ1) is 29.3. The highest BCUT2D eigenvalue weighted by molar-refractivity contribution is 6.45. The average molecular weight is 809 g/mol. The Labute approximate surface area is 366 Å². The van der Waals surface area contributed by atoms with Crippen LogP contribution in [0.5, 0.6) is 0 Å². The Kier molecular flexibility index (Phi) is 8.09. The lowest BCUT2D eigenvalue weighted by Gasteiger charge is -2.26. The van der Waals surface area contributed by atoms with Gasteiger partial charge in [0.25, 0.3) is 0 Å². The van der Waals surface area contributed by atoms with Gasteiger partial charge in [-0.3, -0.25) is 0 Å². The predicted octanol–water partition coefficient (Wildman–Crippen LogP) is 16.4. The average Bonchev–Trinajstić information content (AvgIpc) is 3.92. The van der Waals surface area contributed by atoms with E-state index < -0.39 is 0 Å². The van der Waals surface area contributed by atoms with Gasteiger partial charge in [-0.15, -0.1) is 0 Å². The van der Waals surface area contributed by atoms with Gasteiger partial charge in [-0.25, -0.2) is 0 Å². The molecule has 0 spiro atoms. The molecule has 0 unspecified atom stereocenters. The minimum absolute atomic E-state index is 0.0763. The van der Waals surface area contributed by atoms with E-state index in [-0.39, 0.29) is 21.7 Å². The number of rotatable bonds is 4. The number of fused-ring (bicyclic) bond motifs is 14. The molecule has 11 aromatic rings. The fraction of sp³-hybridized carbons (Fsp3) is 0.300. The van der Waals surface area contributed by atoms with E-state index in [1.807, 2.05) is 0 Å². The Morgan fingerprint density at radius 1 is 0.306 bits per heavy atom. The molecular formula is C60H60N2. The molecule has 0 amide bonds. The molecule has 310 valence electrons. The summed E-state index contributed by atoms with van der Waals surface area (Å²) >= 11 is 0. The van der Waals surface area contributed by atoms with Crippen LogP contribution in [0.4, 0.5) is 0 Å². The zero-order valence-corrected chi connectivity index (χ0v) is 38.9. The highest BCUT2D eigenvalue weighted by Gasteiger charge is 2.29. The zero-order valence-electron chi connectivity index (χ0n) is 38.9. The number of nitrogens with zero attached hydrogens (tertiary/aromatic N) is 2. The summed E-state index contributed by atoms with van der Waals surface area (Å²) in [5.41, 5.74) is 19.2. The third-order valence-corrected chi connectivity index (χ3v) is 14.1. The van der Waals surface area contributed by atoms with Crippen molar-refractivity contribution >= 4 is 76.2 Å². The molecule has 11 rings (SSSR count). The summed E-state index contributed by atoms with van der Waals surface area (Å²) in [7, 11) is 0. The number of hydrogen-bond donors (Lipinski definition) is 0. The lowest BCUT2D eigenvalue weighted by molar-refractivity contribution is 0.566. The Morgan fingerprint density at radius 3 is 0.935 bits per heavy atom. The van der Waals surface area contributed by atoms with Crippen molar-refractivity contribution in [2.45, 2.75) is 118 Å². The first-order valence-corrected chi connectivity index (χ1v) is 22.9. The maximum absolute atomic E-state index is 2.61.